The van der Waals surface area contributed by atoms with E-state index >= 15 is 0 Å². The first-order valence-electron chi connectivity index (χ1n) is 4.78. The Morgan fingerprint density at radius 1 is 1.42 bits per heavy atom. The summed E-state index contributed by atoms with van der Waals surface area (Å²) in [5.74, 6) is 0.388. The molecule has 12 heavy (non-hydrogen) atoms. The van der Waals surface area contributed by atoms with Crippen LogP contribution in [0.25, 0.3) is 0 Å². The van der Waals surface area contributed by atoms with Crippen molar-refractivity contribution in [2.45, 2.75) is 45.3 Å². The first-order valence-corrected chi connectivity index (χ1v) is 4.78. The number of hydrogen-bond donors (Lipinski definition) is 1. The second-order valence-electron chi connectivity index (χ2n) is 3.58. The van der Waals surface area contributed by atoms with Crippen LogP contribution in [-0.2, 0) is 0 Å². The summed E-state index contributed by atoms with van der Waals surface area (Å²) in [6.07, 6.45) is 2.76. The van der Waals surface area contributed by atoms with Crippen LogP contribution in [-0.4, -0.2) is 23.8 Å². The largest absolute Gasteiger partial charge is 0.393 e. The second-order valence-corrected chi connectivity index (χ2v) is 3.58. The van der Waals surface area contributed by atoms with E-state index in [1.807, 2.05) is 6.92 Å². The van der Waals surface area contributed by atoms with Gasteiger partial charge >= 0.3 is 0 Å². The number of aliphatic hydroxyl groups is 1. The highest BCUT2D eigenvalue weighted by Crippen LogP contribution is 2.26. The Bertz CT molecular complexity index is 159. The fourth-order valence-electron chi connectivity index (χ4n) is 1.65. The molecule has 0 heterocycles. The van der Waals surface area contributed by atoms with E-state index < -0.39 is 0 Å². The van der Waals surface area contributed by atoms with E-state index in [1.165, 1.54) is 0 Å². The van der Waals surface area contributed by atoms with Gasteiger partial charge in [0.25, 0.3) is 0 Å². The van der Waals surface area contributed by atoms with E-state index in [1.54, 1.807) is 0 Å². The Balaban J connectivity index is 2.35. The first-order chi connectivity index (χ1) is 5.74. The molecule has 3 atom stereocenters. The Morgan fingerprint density at radius 2 is 2.17 bits per heavy atom. The maximum absolute atomic E-state index is 9.45. The maximum Gasteiger partial charge on any atom is 0.0712 e. The minimum absolute atomic E-state index is 0.113. The van der Waals surface area contributed by atoms with Crippen LogP contribution in [0.2, 0.25) is 0 Å². The van der Waals surface area contributed by atoms with Gasteiger partial charge in [-0.15, -0.1) is 0 Å². The van der Waals surface area contributed by atoms with E-state index in [0.717, 1.165) is 25.8 Å². The van der Waals surface area contributed by atoms with Gasteiger partial charge in [0.1, 0.15) is 0 Å². The third-order valence-electron chi connectivity index (χ3n) is 2.48. The molecule has 1 aliphatic carbocycles. The monoisotopic (exact) mass is 170 g/mol. The highest BCUT2D eigenvalue weighted by atomic mass is 16.3. The zero-order chi connectivity index (χ0) is 8.97. The molecule has 1 saturated carbocycles. The minimum atomic E-state index is -0.113. The summed E-state index contributed by atoms with van der Waals surface area (Å²) in [4.78, 5) is 0. The number of rotatable bonds is 2. The smallest absolute Gasteiger partial charge is 0.0712 e. The zero-order valence-corrected chi connectivity index (χ0v) is 7.90. The quantitative estimate of drug-likeness (QED) is 0.633. The van der Waals surface area contributed by atoms with Gasteiger partial charge in [-0.25, -0.2) is 0 Å². The van der Waals surface area contributed by atoms with Crippen molar-refractivity contribution in [2.75, 3.05) is 6.54 Å². The standard InChI is InChI=1S/C9H18N2O/c1-3-10-11-8-4-5-9(12)7(2)6-8/h7-9,12H,3-6H2,1-2H3. The lowest BCUT2D eigenvalue weighted by Crippen LogP contribution is -2.28. The molecular formula is C9H18N2O. The number of azo groups is 1. The van der Waals surface area contributed by atoms with Gasteiger partial charge in [0, 0.05) is 0 Å². The lowest BCUT2D eigenvalue weighted by atomic mass is 9.85. The SMILES string of the molecule is CCN=NC1CCC(O)C(C)C1. The summed E-state index contributed by atoms with van der Waals surface area (Å²) >= 11 is 0. The van der Waals surface area contributed by atoms with Crippen molar-refractivity contribution >= 4 is 0 Å². The molecular weight excluding hydrogens is 152 g/mol. The molecule has 1 fully saturated rings. The number of hydrogen-bond acceptors (Lipinski definition) is 3. The van der Waals surface area contributed by atoms with Crippen molar-refractivity contribution in [3.8, 4) is 0 Å². The summed E-state index contributed by atoms with van der Waals surface area (Å²) in [6.45, 7) is 4.84. The summed E-state index contributed by atoms with van der Waals surface area (Å²) in [5, 5.41) is 17.6. The van der Waals surface area contributed by atoms with Gasteiger partial charge in [0.2, 0.25) is 0 Å². The molecule has 0 spiro atoms. The van der Waals surface area contributed by atoms with Gasteiger partial charge in [0.15, 0.2) is 0 Å². The van der Waals surface area contributed by atoms with Crippen molar-refractivity contribution < 1.29 is 5.11 Å². The average Bonchev–Trinajstić information content (AvgIpc) is 2.07. The number of nitrogens with zero attached hydrogens (tertiary/aromatic N) is 2. The molecule has 0 aromatic heterocycles. The van der Waals surface area contributed by atoms with E-state index in [9.17, 15) is 5.11 Å². The molecule has 0 aromatic carbocycles. The van der Waals surface area contributed by atoms with Gasteiger partial charge in [-0.3, -0.25) is 0 Å². The molecule has 1 rings (SSSR count). The molecule has 3 unspecified atom stereocenters. The van der Waals surface area contributed by atoms with Crippen LogP contribution < -0.4 is 0 Å². The highest BCUT2D eigenvalue weighted by Gasteiger charge is 2.25. The lowest BCUT2D eigenvalue weighted by molar-refractivity contribution is 0.0714. The Kier molecular flexibility index (Phi) is 3.66. The van der Waals surface area contributed by atoms with Crippen LogP contribution in [0.3, 0.4) is 0 Å². The van der Waals surface area contributed by atoms with Gasteiger partial charge in [-0.2, -0.15) is 10.2 Å². The fourth-order valence-corrected chi connectivity index (χ4v) is 1.65. The molecule has 70 valence electrons. The van der Waals surface area contributed by atoms with Crippen molar-refractivity contribution in [1.29, 1.82) is 0 Å². The summed E-state index contributed by atoms with van der Waals surface area (Å²) in [6, 6.07) is 0.364. The van der Waals surface area contributed by atoms with Gasteiger partial charge in [0.05, 0.1) is 18.7 Å². The summed E-state index contributed by atoms with van der Waals surface area (Å²) < 4.78 is 0. The molecule has 1 N–H and O–H groups in total. The Morgan fingerprint density at radius 3 is 2.75 bits per heavy atom. The van der Waals surface area contributed by atoms with E-state index in [4.69, 9.17) is 0 Å². The van der Waals surface area contributed by atoms with E-state index in [-0.39, 0.29) is 6.10 Å². The van der Waals surface area contributed by atoms with Crippen molar-refractivity contribution in [3.63, 3.8) is 0 Å². The van der Waals surface area contributed by atoms with Crippen molar-refractivity contribution in [3.05, 3.63) is 0 Å². The normalized spacial score (nSPS) is 37.4. The second kappa shape index (κ2) is 4.55. The maximum atomic E-state index is 9.45. The lowest BCUT2D eigenvalue weighted by Gasteiger charge is -2.27. The average molecular weight is 170 g/mol. The molecule has 0 aromatic rings. The third-order valence-corrected chi connectivity index (χ3v) is 2.48. The van der Waals surface area contributed by atoms with Crippen LogP contribution in [0, 0.1) is 5.92 Å². The van der Waals surface area contributed by atoms with E-state index in [0.29, 0.717) is 12.0 Å². The Labute approximate surface area is 73.9 Å². The van der Waals surface area contributed by atoms with Crippen molar-refractivity contribution in [2.24, 2.45) is 16.1 Å². The molecule has 0 radical (unpaired) electrons. The van der Waals surface area contributed by atoms with Gasteiger partial charge < -0.3 is 5.11 Å². The molecule has 1 aliphatic rings. The molecule has 0 amide bonds. The van der Waals surface area contributed by atoms with Crippen LogP contribution in [0.1, 0.15) is 33.1 Å². The molecule has 0 aliphatic heterocycles. The molecule has 3 heteroatoms. The van der Waals surface area contributed by atoms with Gasteiger partial charge in [-0.1, -0.05) is 6.92 Å². The molecule has 0 saturated heterocycles. The minimum Gasteiger partial charge on any atom is -0.393 e. The van der Waals surface area contributed by atoms with Crippen LogP contribution >= 0.6 is 0 Å². The Hall–Kier alpha value is -0.440. The van der Waals surface area contributed by atoms with Gasteiger partial charge in [-0.05, 0) is 32.1 Å². The van der Waals surface area contributed by atoms with Crippen LogP contribution in [0.4, 0.5) is 0 Å². The highest BCUT2D eigenvalue weighted by molar-refractivity contribution is 4.80. The van der Waals surface area contributed by atoms with E-state index in [2.05, 4.69) is 17.2 Å². The fraction of sp³-hybridized carbons (Fsp3) is 1.00. The zero-order valence-electron chi connectivity index (χ0n) is 7.90. The van der Waals surface area contributed by atoms with Crippen molar-refractivity contribution in [1.82, 2.24) is 0 Å². The molecule has 0 bridgehead atoms. The number of aliphatic hydroxyl groups excluding tert-OH is 1. The third kappa shape index (κ3) is 2.55. The predicted molar refractivity (Wildman–Crippen MR) is 48.2 cm³/mol. The summed E-state index contributed by atoms with van der Waals surface area (Å²) in [5.41, 5.74) is 0. The topological polar surface area (TPSA) is 45.0 Å². The molecule has 3 nitrogen and oxygen atoms in total. The first kappa shape index (κ1) is 9.65. The van der Waals surface area contributed by atoms with Crippen LogP contribution in [0.15, 0.2) is 10.2 Å². The predicted octanol–water partition coefficient (Wildman–Crippen LogP) is 2.01. The summed E-state index contributed by atoms with van der Waals surface area (Å²) in [7, 11) is 0. The van der Waals surface area contributed by atoms with Crippen LogP contribution in [0.5, 0.6) is 0 Å².